The van der Waals surface area contributed by atoms with Gasteiger partial charge in [0.15, 0.2) is 23.1 Å². The fourth-order valence-corrected chi connectivity index (χ4v) is 6.86. The number of pyridine rings is 2. The van der Waals surface area contributed by atoms with Crippen LogP contribution in [0.25, 0.3) is 101 Å². The lowest BCUT2D eigenvalue weighted by Gasteiger charge is -2.10. The van der Waals surface area contributed by atoms with Gasteiger partial charge in [-0.2, -0.15) is 0 Å². The molecule has 0 unspecified atom stereocenters. The quantitative estimate of drug-likeness (QED) is 0.174. The first kappa shape index (κ1) is 30.5. The minimum Gasteiger partial charge on any atom is -0.454 e. The lowest BCUT2D eigenvalue weighted by atomic mass is 10.0. The highest BCUT2D eigenvalue weighted by Crippen LogP contribution is 2.35. The lowest BCUT2D eigenvalue weighted by Crippen LogP contribution is -2.00. The van der Waals surface area contributed by atoms with E-state index in [1.165, 1.54) is 5.56 Å². The molecule has 10 rings (SSSR count). The van der Waals surface area contributed by atoms with Gasteiger partial charge in [-0.1, -0.05) is 146 Å². The molecule has 0 fully saturated rings. The fraction of sp³-hybridized carbons (Fsp3) is 0. The molecule has 0 saturated carbocycles. The average Bonchev–Trinajstić information content (AvgIpc) is 3.63. The minimum absolute atomic E-state index is 0.624. The summed E-state index contributed by atoms with van der Waals surface area (Å²) in [7, 11) is 0. The third-order valence-corrected chi connectivity index (χ3v) is 9.67. The summed E-state index contributed by atoms with van der Waals surface area (Å²) in [5, 5.41) is 2.99. The van der Waals surface area contributed by atoms with Crippen molar-refractivity contribution >= 4 is 32.8 Å². The standard InChI is InChI=1S/C47H29N5O/c1-3-9-30(10-4-1)31-17-23-36(24-18-31)46-50-45(35-11-5-2-6-12-35)51-47(52-46)37-25-19-33(20-26-37)32-15-21-34(22-16-32)42-27-39-40-28-48-41-14-8-7-13-38(41)44(40)53-43(39)29-49-42/h1-29H. The molecule has 0 aliphatic carbocycles. The zero-order valence-electron chi connectivity index (χ0n) is 28.4. The molecule has 0 bridgehead atoms. The van der Waals surface area contributed by atoms with Crippen LogP contribution in [-0.2, 0) is 0 Å². The Morgan fingerprint density at radius 2 is 0.792 bits per heavy atom. The Labute approximate surface area is 305 Å². The summed E-state index contributed by atoms with van der Waals surface area (Å²) in [5.74, 6) is 1.89. The van der Waals surface area contributed by atoms with Gasteiger partial charge in [-0.3, -0.25) is 9.97 Å². The zero-order valence-corrected chi connectivity index (χ0v) is 28.4. The molecule has 6 heteroatoms. The Balaban J connectivity index is 0.949. The monoisotopic (exact) mass is 679 g/mol. The van der Waals surface area contributed by atoms with Crippen molar-refractivity contribution in [2.24, 2.45) is 0 Å². The highest BCUT2D eigenvalue weighted by molar-refractivity contribution is 6.14. The van der Waals surface area contributed by atoms with Gasteiger partial charge in [0.1, 0.15) is 5.58 Å². The van der Waals surface area contributed by atoms with Crippen molar-refractivity contribution in [1.82, 2.24) is 24.9 Å². The maximum absolute atomic E-state index is 6.24. The smallest absolute Gasteiger partial charge is 0.164 e. The summed E-state index contributed by atoms with van der Waals surface area (Å²) >= 11 is 0. The van der Waals surface area contributed by atoms with E-state index in [1.807, 2.05) is 73.1 Å². The van der Waals surface area contributed by atoms with Crippen molar-refractivity contribution in [3.05, 3.63) is 176 Å². The third kappa shape index (κ3) is 5.69. The molecule has 4 aromatic heterocycles. The number of rotatable bonds is 6. The molecule has 0 radical (unpaired) electrons. The number of benzene rings is 6. The maximum atomic E-state index is 6.24. The molecule has 10 aromatic rings. The van der Waals surface area contributed by atoms with Crippen LogP contribution >= 0.6 is 0 Å². The number of aromatic nitrogens is 5. The van der Waals surface area contributed by atoms with Gasteiger partial charge in [-0.15, -0.1) is 0 Å². The maximum Gasteiger partial charge on any atom is 0.164 e. The molecule has 0 N–H and O–H groups in total. The Hall–Kier alpha value is -7.31. The summed E-state index contributed by atoms with van der Waals surface area (Å²) < 4.78 is 6.24. The zero-order chi connectivity index (χ0) is 35.1. The topological polar surface area (TPSA) is 77.6 Å². The van der Waals surface area contributed by atoms with Crippen LogP contribution in [-0.4, -0.2) is 24.9 Å². The summed E-state index contributed by atoms with van der Waals surface area (Å²) in [4.78, 5) is 24.2. The van der Waals surface area contributed by atoms with E-state index in [9.17, 15) is 0 Å². The van der Waals surface area contributed by atoms with E-state index in [-0.39, 0.29) is 0 Å². The van der Waals surface area contributed by atoms with Crippen LogP contribution in [0.4, 0.5) is 0 Å². The van der Waals surface area contributed by atoms with Gasteiger partial charge in [0.2, 0.25) is 0 Å². The number of hydrogen-bond donors (Lipinski definition) is 0. The van der Waals surface area contributed by atoms with Gasteiger partial charge in [0, 0.05) is 44.6 Å². The summed E-state index contributed by atoms with van der Waals surface area (Å²) in [6.45, 7) is 0. The Morgan fingerprint density at radius 1 is 0.340 bits per heavy atom. The highest BCUT2D eigenvalue weighted by Gasteiger charge is 2.15. The third-order valence-electron chi connectivity index (χ3n) is 9.67. The number of fused-ring (bicyclic) bond motifs is 5. The summed E-state index contributed by atoms with van der Waals surface area (Å²) in [6, 6.07) is 55.8. The second-order valence-corrected chi connectivity index (χ2v) is 13.0. The molecule has 0 aliphatic rings. The van der Waals surface area contributed by atoms with Crippen molar-refractivity contribution in [2.45, 2.75) is 0 Å². The van der Waals surface area contributed by atoms with Crippen LogP contribution in [0.2, 0.25) is 0 Å². The number of hydrogen-bond acceptors (Lipinski definition) is 6. The molecule has 0 spiro atoms. The SMILES string of the molecule is c1ccc(-c2ccc(-c3nc(-c4ccccc4)nc(-c4ccc(-c5ccc(-c6cc7c(cn6)oc6c8ccccc8ncc76)cc5)cc4)n3)cc2)cc1. The number of furan rings is 1. The second kappa shape index (κ2) is 12.8. The van der Waals surface area contributed by atoms with Gasteiger partial charge >= 0.3 is 0 Å². The number of para-hydroxylation sites is 1. The molecule has 0 saturated heterocycles. The molecule has 4 heterocycles. The Morgan fingerprint density at radius 3 is 1.38 bits per heavy atom. The van der Waals surface area contributed by atoms with Crippen LogP contribution in [0.15, 0.2) is 181 Å². The van der Waals surface area contributed by atoms with Gasteiger partial charge in [0.05, 0.1) is 17.4 Å². The molecule has 0 atom stereocenters. The van der Waals surface area contributed by atoms with Gasteiger partial charge in [-0.25, -0.2) is 15.0 Å². The van der Waals surface area contributed by atoms with Gasteiger partial charge in [-0.05, 0) is 40.5 Å². The first-order valence-electron chi connectivity index (χ1n) is 17.5. The summed E-state index contributed by atoms with van der Waals surface area (Å²) in [5.41, 5.74) is 11.7. The fourth-order valence-electron chi connectivity index (χ4n) is 6.86. The normalized spacial score (nSPS) is 11.4. The van der Waals surface area contributed by atoms with Crippen LogP contribution in [0.5, 0.6) is 0 Å². The van der Waals surface area contributed by atoms with E-state index in [1.54, 1.807) is 0 Å². The van der Waals surface area contributed by atoms with Crippen molar-refractivity contribution in [3.63, 3.8) is 0 Å². The van der Waals surface area contributed by atoms with Crippen molar-refractivity contribution in [3.8, 4) is 67.7 Å². The predicted molar refractivity (Wildman–Crippen MR) is 213 cm³/mol. The van der Waals surface area contributed by atoms with Crippen LogP contribution in [0.1, 0.15) is 0 Å². The highest BCUT2D eigenvalue weighted by atomic mass is 16.3. The van der Waals surface area contributed by atoms with E-state index in [0.717, 1.165) is 77.5 Å². The lowest BCUT2D eigenvalue weighted by molar-refractivity contribution is 0.670. The van der Waals surface area contributed by atoms with Crippen LogP contribution < -0.4 is 0 Å². The second-order valence-electron chi connectivity index (χ2n) is 13.0. The number of nitrogens with zero attached hydrogens (tertiary/aromatic N) is 5. The van der Waals surface area contributed by atoms with Crippen LogP contribution in [0, 0.1) is 0 Å². The predicted octanol–water partition coefficient (Wildman–Crippen LogP) is 11.7. The van der Waals surface area contributed by atoms with Crippen molar-refractivity contribution in [2.75, 3.05) is 0 Å². The van der Waals surface area contributed by atoms with E-state index in [4.69, 9.17) is 24.4 Å². The van der Waals surface area contributed by atoms with Crippen molar-refractivity contribution in [1.29, 1.82) is 0 Å². The van der Waals surface area contributed by atoms with E-state index < -0.39 is 0 Å². The molecular weight excluding hydrogens is 651 g/mol. The molecular formula is C47H29N5O. The summed E-state index contributed by atoms with van der Waals surface area (Å²) in [6.07, 6.45) is 3.70. The molecule has 6 aromatic carbocycles. The molecule has 53 heavy (non-hydrogen) atoms. The first-order valence-corrected chi connectivity index (χ1v) is 17.5. The van der Waals surface area contributed by atoms with Crippen LogP contribution in [0.3, 0.4) is 0 Å². The Kier molecular flexibility index (Phi) is 7.36. The minimum atomic E-state index is 0.624. The molecule has 0 aliphatic heterocycles. The van der Waals surface area contributed by atoms with E-state index in [0.29, 0.717) is 17.5 Å². The average molecular weight is 680 g/mol. The molecule has 6 nitrogen and oxygen atoms in total. The van der Waals surface area contributed by atoms with Gasteiger partial charge < -0.3 is 4.42 Å². The molecule has 0 amide bonds. The van der Waals surface area contributed by atoms with Gasteiger partial charge in [0.25, 0.3) is 0 Å². The molecule has 248 valence electrons. The Bertz CT molecular complexity index is 2900. The van der Waals surface area contributed by atoms with Crippen molar-refractivity contribution < 1.29 is 4.42 Å². The van der Waals surface area contributed by atoms with E-state index in [2.05, 4.69) is 108 Å². The van der Waals surface area contributed by atoms with E-state index >= 15 is 0 Å². The largest absolute Gasteiger partial charge is 0.454 e. The first-order chi connectivity index (χ1) is 26.2.